The number of piperidine rings is 1. The van der Waals surface area contributed by atoms with Crippen molar-refractivity contribution in [1.29, 1.82) is 0 Å². The van der Waals surface area contributed by atoms with E-state index in [0.29, 0.717) is 0 Å². The van der Waals surface area contributed by atoms with Crippen LogP contribution in [0.5, 0.6) is 5.75 Å². The summed E-state index contributed by atoms with van der Waals surface area (Å²) in [5.74, 6) is 1.24. The van der Waals surface area contributed by atoms with E-state index in [1.807, 2.05) is 36.5 Å². The van der Waals surface area contributed by atoms with E-state index in [2.05, 4.69) is 9.88 Å². The lowest BCUT2D eigenvalue weighted by Crippen LogP contribution is -2.30. The predicted octanol–water partition coefficient (Wildman–Crippen LogP) is 3.99. The van der Waals surface area contributed by atoms with Crippen LogP contribution in [-0.2, 0) is 0 Å². The number of phenolic OH excluding ortho intramolecular Hbond substituents is 1. The zero-order valence-electron chi connectivity index (χ0n) is 12.9. The van der Waals surface area contributed by atoms with Crippen LogP contribution in [0.4, 0.5) is 5.82 Å². The minimum atomic E-state index is 0.274. The van der Waals surface area contributed by atoms with Gasteiger partial charge in [-0.05, 0) is 54.7 Å². The molecule has 1 saturated heterocycles. The summed E-state index contributed by atoms with van der Waals surface area (Å²) in [4.78, 5) is 11.7. The molecule has 0 amide bonds. The van der Waals surface area contributed by atoms with Gasteiger partial charge in [-0.1, -0.05) is 18.2 Å². The van der Waals surface area contributed by atoms with Crippen LogP contribution >= 0.6 is 0 Å². The summed E-state index contributed by atoms with van der Waals surface area (Å²) in [6.45, 7) is 2.12. The number of hydrogen-bond acceptors (Lipinski definition) is 4. The zero-order valence-corrected chi connectivity index (χ0v) is 12.9. The summed E-state index contributed by atoms with van der Waals surface area (Å²) in [7, 11) is 0. The van der Waals surface area contributed by atoms with E-state index in [4.69, 9.17) is 4.98 Å². The van der Waals surface area contributed by atoms with Crippen molar-refractivity contribution in [3.8, 4) is 16.9 Å². The van der Waals surface area contributed by atoms with E-state index < -0.39 is 0 Å². The van der Waals surface area contributed by atoms with E-state index in [1.165, 1.54) is 19.3 Å². The van der Waals surface area contributed by atoms with Gasteiger partial charge in [-0.3, -0.25) is 4.98 Å². The van der Waals surface area contributed by atoms with Gasteiger partial charge in [-0.15, -0.1) is 0 Å². The first-order valence-corrected chi connectivity index (χ1v) is 8.11. The normalized spacial score (nSPS) is 15.0. The smallest absolute Gasteiger partial charge is 0.147 e. The quantitative estimate of drug-likeness (QED) is 0.777. The molecular weight excluding hydrogens is 286 g/mol. The molecule has 0 saturated carbocycles. The number of aromatic nitrogens is 2. The van der Waals surface area contributed by atoms with Gasteiger partial charge >= 0.3 is 0 Å². The second-order valence-electron chi connectivity index (χ2n) is 6.03. The van der Waals surface area contributed by atoms with Gasteiger partial charge in [0.25, 0.3) is 0 Å². The van der Waals surface area contributed by atoms with Gasteiger partial charge in [0.15, 0.2) is 0 Å². The molecule has 2 heterocycles. The number of phenols is 1. The van der Waals surface area contributed by atoms with E-state index in [0.717, 1.165) is 41.1 Å². The number of hydrogen-bond donors (Lipinski definition) is 1. The highest BCUT2D eigenvalue weighted by molar-refractivity contribution is 5.82. The predicted molar refractivity (Wildman–Crippen MR) is 92.7 cm³/mol. The Balaban J connectivity index is 1.74. The van der Waals surface area contributed by atoms with Crippen LogP contribution in [-0.4, -0.2) is 28.2 Å². The van der Waals surface area contributed by atoms with Gasteiger partial charge in [0.1, 0.15) is 11.6 Å². The van der Waals surface area contributed by atoms with Crippen LogP contribution in [0.1, 0.15) is 19.3 Å². The average Bonchev–Trinajstić information content (AvgIpc) is 2.61. The largest absolute Gasteiger partial charge is 0.508 e. The SMILES string of the molecule is Oc1cccc(-c2ccc3ncc(N4CCCCC4)nc3c2)c1. The number of anilines is 1. The lowest BCUT2D eigenvalue weighted by atomic mass is 10.0. The summed E-state index contributed by atoms with van der Waals surface area (Å²) >= 11 is 0. The Bertz CT molecular complexity index is 841. The molecule has 0 bridgehead atoms. The fraction of sp³-hybridized carbons (Fsp3) is 0.263. The van der Waals surface area contributed by atoms with Gasteiger partial charge in [-0.25, -0.2) is 4.98 Å². The molecule has 1 aliphatic rings. The molecular formula is C19H19N3O. The molecule has 1 aromatic heterocycles. The highest BCUT2D eigenvalue weighted by Crippen LogP contribution is 2.27. The van der Waals surface area contributed by atoms with E-state index in [1.54, 1.807) is 12.1 Å². The second kappa shape index (κ2) is 5.88. The van der Waals surface area contributed by atoms with Crippen molar-refractivity contribution < 1.29 is 5.11 Å². The van der Waals surface area contributed by atoms with E-state index >= 15 is 0 Å². The molecule has 1 N–H and O–H groups in total. The first kappa shape index (κ1) is 14.0. The Morgan fingerprint density at radius 2 is 1.70 bits per heavy atom. The Labute approximate surface area is 135 Å². The van der Waals surface area contributed by atoms with Crippen molar-refractivity contribution >= 4 is 16.9 Å². The van der Waals surface area contributed by atoms with Crippen LogP contribution in [0.2, 0.25) is 0 Å². The number of benzene rings is 2. The fourth-order valence-electron chi connectivity index (χ4n) is 3.14. The molecule has 0 atom stereocenters. The maximum atomic E-state index is 9.67. The standard InChI is InChI=1S/C19H19N3O/c23-16-6-4-5-14(11-16)15-7-8-17-18(12-15)21-19(13-20-17)22-9-2-1-3-10-22/h4-8,11-13,23H,1-3,9-10H2. The Morgan fingerprint density at radius 1 is 0.870 bits per heavy atom. The Hall–Kier alpha value is -2.62. The maximum absolute atomic E-state index is 9.67. The van der Waals surface area contributed by atoms with E-state index in [9.17, 15) is 5.11 Å². The van der Waals surface area contributed by atoms with Gasteiger partial charge in [0.05, 0.1) is 17.2 Å². The van der Waals surface area contributed by atoms with E-state index in [-0.39, 0.29) is 5.75 Å². The van der Waals surface area contributed by atoms with Crippen molar-refractivity contribution in [3.63, 3.8) is 0 Å². The topological polar surface area (TPSA) is 49.3 Å². The first-order valence-electron chi connectivity index (χ1n) is 8.11. The molecule has 4 nitrogen and oxygen atoms in total. The Morgan fingerprint density at radius 3 is 2.52 bits per heavy atom. The molecule has 0 aliphatic carbocycles. The lowest BCUT2D eigenvalue weighted by Gasteiger charge is -2.27. The minimum absolute atomic E-state index is 0.274. The molecule has 1 fully saturated rings. The van der Waals surface area contributed by atoms with Crippen molar-refractivity contribution in [2.45, 2.75) is 19.3 Å². The van der Waals surface area contributed by atoms with Crippen molar-refractivity contribution in [2.75, 3.05) is 18.0 Å². The molecule has 1 aliphatic heterocycles. The Kier molecular flexibility index (Phi) is 3.58. The number of aromatic hydroxyl groups is 1. The third-order valence-electron chi connectivity index (χ3n) is 4.39. The molecule has 0 spiro atoms. The maximum Gasteiger partial charge on any atom is 0.147 e. The summed E-state index contributed by atoms with van der Waals surface area (Å²) in [5, 5.41) is 9.67. The van der Waals surface area contributed by atoms with Crippen LogP contribution in [0, 0.1) is 0 Å². The van der Waals surface area contributed by atoms with Crippen LogP contribution in [0.15, 0.2) is 48.7 Å². The average molecular weight is 305 g/mol. The van der Waals surface area contributed by atoms with Crippen molar-refractivity contribution in [1.82, 2.24) is 9.97 Å². The van der Waals surface area contributed by atoms with Gasteiger partial charge < -0.3 is 10.0 Å². The lowest BCUT2D eigenvalue weighted by molar-refractivity contribution is 0.475. The summed E-state index contributed by atoms with van der Waals surface area (Å²) < 4.78 is 0. The van der Waals surface area contributed by atoms with Crippen molar-refractivity contribution in [3.05, 3.63) is 48.7 Å². The van der Waals surface area contributed by atoms with Gasteiger partial charge in [0.2, 0.25) is 0 Å². The molecule has 2 aromatic carbocycles. The van der Waals surface area contributed by atoms with Crippen LogP contribution in [0.3, 0.4) is 0 Å². The molecule has 23 heavy (non-hydrogen) atoms. The van der Waals surface area contributed by atoms with Gasteiger partial charge in [-0.2, -0.15) is 0 Å². The highest BCUT2D eigenvalue weighted by Gasteiger charge is 2.13. The molecule has 4 heteroatoms. The minimum Gasteiger partial charge on any atom is -0.508 e. The second-order valence-corrected chi connectivity index (χ2v) is 6.03. The number of rotatable bonds is 2. The molecule has 116 valence electrons. The molecule has 0 radical (unpaired) electrons. The monoisotopic (exact) mass is 305 g/mol. The van der Waals surface area contributed by atoms with Gasteiger partial charge in [0, 0.05) is 13.1 Å². The van der Waals surface area contributed by atoms with Crippen LogP contribution < -0.4 is 4.90 Å². The van der Waals surface area contributed by atoms with Crippen LogP contribution in [0.25, 0.3) is 22.2 Å². The molecule has 4 rings (SSSR count). The molecule has 0 unspecified atom stereocenters. The van der Waals surface area contributed by atoms with Crippen molar-refractivity contribution in [2.24, 2.45) is 0 Å². The third-order valence-corrected chi connectivity index (χ3v) is 4.39. The number of fused-ring (bicyclic) bond motifs is 1. The number of nitrogens with zero attached hydrogens (tertiary/aromatic N) is 3. The fourth-order valence-corrected chi connectivity index (χ4v) is 3.14. The summed E-state index contributed by atoms with van der Waals surface area (Å²) in [5.41, 5.74) is 3.82. The summed E-state index contributed by atoms with van der Waals surface area (Å²) in [6.07, 6.45) is 5.63. The first-order chi connectivity index (χ1) is 11.3. The highest BCUT2D eigenvalue weighted by atomic mass is 16.3. The summed E-state index contributed by atoms with van der Waals surface area (Å²) in [6, 6.07) is 13.3. The molecule has 3 aromatic rings. The third kappa shape index (κ3) is 2.84. The zero-order chi connectivity index (χ0) is 15.6.